The molecule has 39 heavy (non-hydrogen) atoms. The Hall–Kier alpha value is -2.75. The van der Waals surface area contributed by atoms with Gasteiger partial charge in [-0.15, -0.1) is 0 Å². The quantitative estimate of drug-likeness (QED) is 0.519. The highest BCUT2D eigenvalue weighted by molar-refractivity contribution is 6.02. The van der Waals surface area contributed by atoms with Gasteiger partial charge in [-0.1, -0.05) is 37.5 Å². The number of rotatable bonds is 7. The third-order valence-corrected chi connectivity index (χ3v) is 9.13. The van der Waals surface area contributed by atoms with E-state index in [1.807, 2.05) is 38.1 Å². The molecule has 5 aliphatic rings. The van der Waals surface area contributed by atoms with Crippen molar-refractivity contribution in [2.75, 3.05) is 44.7 Å². The Morgan fingerprint density at radius 3 is 2.44 bits per heavy atom. The maximum Gasteiger partial charge on any atom is 0.246 e. The number of nitrogens with one attached hydrogen (secondary N) is 2. The Bertz CT molecular complexity index is 1140. The monoisotopic (exact) mass is 536 g/mol. The van der Waals surface area contributed by atoms with Gasteiger partial charge >= 0.3 is 0 Å². The van der Waals surface area contributed by atoms with Crippen LogP contribution in [0.1, 0.15) is 43.2 Å². The van der Waals surface area contributed by atoms with Gasteiger partial charge in [-0.3, -0.25) is 19.3 Å². The number of carbonyl (C=O) groups excluding carboxylic acids is 3. The Balaban J connectivity index is 1.27. The molecule has 1 aliphatic carbocycles. The first-order chi connectivity index (χ1) is 18.9. The molecule has 4 aliphatic heterocycles. The fourth-order valence-corrected chi connectivity index (χ4v) is 7.38. The van der Waals surface area contributed by atoms with Gasteiger partial charge < -0.3 is 25.0 Å². The molecule has 1 aromatic carbocycles. The van der Waals surface area contributed by atoms with E-state index in [1.54, 1.807) is 4.90 Å². The Kier molecular flexibility index (Phi) is 7.24. The standard InChI is InChI=1S/C30H40N4O5/c1-19-16-20(2)18-22(17-19)32-27(35)24-23-8-9-30(39-23)25(24)29(37)34(11-10-33-12-14-38-15-13-33)26(30)28(36)31-21-6-4-3-5-7-21/h8-9,16-18,21,23-26H,3-7,10-15H2,1-2H3,(H,31,36)(H,32,35)/t23-,24-,25-,26+,30-/m1/s1. The van der Waals surface area contributed by atoms with Gasteiger partial charge in [-0.25, -0.2) is 0 Å². The second kappa shape index (κ2) is 10.7. The Morgan fingerprint density at radius 1 is 1.00 bits per heavy atom. The zero-order valence-corrected chi connectivity index (χ0v) is 23.0. The minimum Gasteiger partial charge on any atom is -0.379 e. The van der Waals surface area contributed by atoms with Crippen molar-refractivity contribution in [1.29, 1.82) is 0 Å². The zero-order valence-electron chi connectivity index (χ0n) is 23.0. The molecule has 210 valence electrons. The molecular formula is C30H40N4O5. The maximum absolute atomic E-state index is 14.1. The summed E-state index contributed by atoms with van der Waals surface area (Å²) in [4.78, 5) is 45.7. The van der Waals surface area contributed by atoms with Crippen LogP contribution in [0, 0.1) is 25.7 Å². The van der Waals surface area contributed by atoms with Crippen LogP contribution in [0.2, 0.25) is 0 Å². The van der Waals surface area contributed by atoms with Crippen LogP contribution >= 0.6 is 0 Å². The van der Waals surface area contributed by atoms with Gasteiger partial charge in [0, 0.05) is 37.9 Å². The highest BCUT2D eigenvalue weighted by Gasteiger charge is 2.72. The molecule has 3 saturated heterocycles. The lowest BCUT2D eigenvalue weighted by atomic mass is 9.74. The van der Waals surface area contributed by atoms with Crippen LogP contribution in [0.15, 0.2) is 30.4 Å². The summed E-state index contributed by atoms with van der Waals surface area (Å²) < 4.78 is 12.0. The van der Waals surface area contributed by atoms with Gasteiger partial charge in [0.1, 0.15) is 11.6 Å². The number of fused-ring (bicyclic) bond motifs is 1. The number of nitrogens with zero attached hydrogens (tertiary/aromatic N) is 2. The zero-order chi connectivity index (χ0) is 27.1. The molecule has 9 heteroatoms. The van der Waals surface area contributed by atoms with E-state index in [-0.39, 0.29) is 23.8 Å². The van der Waals surface area contributed by atoms with Crippen LogP contribution in [0.3, 0.4) is 0 Å². The summed E-state index contributed by atoms with van der Waals surface area (Å²) in [5, 5.41) is 6.30. The molecule has 0 radical (unpaired) electrons. The number of ether oxygens (including phenoxy) is 2. The molecule has 0 unspecified atom stereocenters. The highest BCUT2D eigenvalue weighted by atomic mass is 16.5. The lowest BCUT2D eigenvalue weighted by Gasteiger charge is -2.35. The van der Waals surface area contributed by atoms with Crippen molar-refractivity contribution in [1.82, 2.24) is 15.1 Å². The summed E-state index contributed by atoms with van der Waals surface area (Å²) in [5.74, 6) is -2.00. The summed E-state index contributed by atoms with van der Waals surface area (Å²) in [7, 11) is 0. The molecule has 5 atom stereocenters. The first kappa shape index (κ1) is 26.5. The first-order valence-electron chi connectivity index (χ1n) is 14.5. The van der Waals surface area contributed by atoms with Gasteiger partial charge in [0.2, 0.25) is 17.7 Å². The van der Waals surface area contributed by atoms with Gasteiger partial charge in [0.15, 0.2) is 0 Å². The fourth-order valence-electron chi connectivity index (χ4n) is 7.38. The van der Waals surface area contributed by atoms with Crippen LogP contribution in [0.25, 0.3) is 0 Å². The van der Waals surface area contributed by atoms with Crippen molar-refractivity contribution in [2.24, 2.45) is 11.8 Å². The number of morpholine rings is 1. The normalized spacial score (nSPS) is 32.5. The highest BCUT2D eigenvalue weighted by Crippen LogP contribution is 2.55. The van der Waals surface area contributed by atoms with E-state index in [0.717, 1.165) is 49.9 Å². The summed E-state index contributed by atoms with van der Waals surface area (Å²) in [6, 6.07) is 5.23. The lowest BCUT2D eigenvalue weighted by Crippen LogP contribution is -2.57. The molecule has 2 bridgehead atoms. The van der Waals surface area contributed by atoms with E-state index in [9.17, 15) is 14.4 Å². The minimum atomic E-state index is -1.13. The van der Waals surface area contributed by atoms with Crippen LogP contribution in [-0.4, -0.2) is 90.7 Å². The second-order valence-electron chi connectivity index (χ2n) is 11.9. The predicted molar refractivity (Wildman–Crippen MR) is 146 cm³/mol. The lowest BCUT2D eigenvalue weighted by molar-refractivity contribution is -0.141. The average molecular weight is 537 g/mol. The number of anilines is 1. The van der Waals surface area contributed by atoms with Gasteiger partial charge in [0.25, 0.3) is 0 Å². The summed E-state index contributed by atoms with van der Waals surface area (Å²) in [6.07, 6.45) is 8.54. The minimum absolute atomic E-state index is 0.115. The molecule has 0 aromatic heterocycles. The number of hydrogen-bond donors (Lipinski definition) is 2. The molecule has 3 amide bonds. The first-order valence-corrected chi connectivity index (χ1v) is 14.5. The maximum atomic E-state index is 14.1. The van der Waals surface area contributed by atoms with Crippen LogP contribution in [-0.2, 0) is 23.9 Å². The molecule has 1 aromatic rings. The van der Waals surface area contributed by atoms with E-state index in [1.165, 1.54) is 6.42 Å². The summed E-state index contributed by atoms with van der Waals surface area (Å²) in [6.45, 7) is 7.97. The van der Waals surface area contributed by atoms with E-state index in [0.29, 0.717) is 32.0 Å². The van der Waals surface area contributed by atoms with Gasteiger partial charge in [-0.05, 0) is 49.9 Å². The van der Waals surface area contributed by atoms with Crippen LogP contribution in [0.4, 0.5) is 5.69 Å². The van der Waals surface area contributed by atoms with Crippen molar-refractivity contribution >= 4 is 23.4 Å². The molecule has 4 fully saturated rings. The predicted octanol–water partition coefficient (Wildman–Crippen LogP) is 2.17. The number of likely N-dealkylation sites (tertiary alicyclic amines) is 1. The SMILES string of the molecule is Cc1cc(C)cc(NC(=O)[C@@H]2[C@H]3C=C[C@]4(O3)[C@H](C(=O)NC3CCCCC3)N(CCN3CCOCC3)C(=O)[C@@H]24)c1. The summed E-state index contributed by atoms with van der Waals surface area (Å²) >= 11 is 0. The van der Waals surface area contributed by atoms with Crippen molar-refractivity contribution in [3.05, 3.63) is 41.5 Å². The number of benzene rings is 1. The third kappa shape index (κ3) is 4.89. The van der Waals surface area contributed by atoms with E-state index < -0.39 is 29.6 Å². The molecule has 1 saturated carbocycles. The van der Waals surface area contributed by atoms with Crippen molar-refractivity contribution in [3.63, 3.8) is 0 Å². The number of hydrogen-bond acceptors (Lipinski definition) is 6. The molecule has 6 rings (SSSR count). The van der Waals surface area contributed by atoms with E-state index >= 15 is 0 Å². The number of carbonyl (C=O) groups is 3. The molecule has 9 nitrogen and oxygen atoms in total. The van der Waals surface area contributed by atoms with Crippen molar-refractivity contribution in [3.8, 4) is 0 Å². The molecule has 1 spiro atoms. The second-order valence-corrected chi connectivity index (χ2v) is 11.9. The van der Waals surface area contributed by atoms with Gasteiger partial charge in [0.05, 0.1) is 31.2 Å². The molecule has 4 heterocycles. The Morgan fingerprint density at radius 2 is 1.72 bits per heavy atom. The number of amides is 3. The van der Waals surface area contributed by atoms with Crippen LogP contribution < -0.4 is 10.6 Å². The number of aryl methyl sites for hydroxylation is 2. The molecule has 2 N–H and O–H groups in total. The van der Waals surface area contributed by atoms with Gasteiger partial charge in [-0.2, -0.15) is 0 Å². The smallest absolute Gasteiger partial charge is 0.246 e. The fraction of sp³-hybridized carbons (Fsp3) is 0.633. The van der Waals surface area contributed by atoms with E-state index in [4.69, 9.17) is 9.47 Å². The third-order valence-electron chi connectivity index (χ3n) is 9.13. The molecular weight excluding hydrogens is 496 g/mol. The largest absolute Gasteiger partial charge is 0.379 e. The van der Waals surface area contributed by atoms with E-state index in [2.05, 4.69) is 21.6 Å². The van der Waals surface area contributed by atoms with Crippen LogP contribution in [0.5, 0.6) is 0 Å². The Labute approximate surface area is 230 Å². The topological polar surface area (TPSA) is 100 Å². The van der Waals surface area contributed by atoms with Crippen molar-refractivity contribution < 1.29 is 23.9 Å². The van der Waals surface area contributed by atoms with Crippen molar-refractivity contribution in [2.45, 2.75) is 69.7 Å². The summed E-state index contributed by atoms with van der Waals surface area (Å²) in [5.41, 5.74) is 1.68. The average Bonchev–Trinajstić information content (AvgIpc) is 3.55.